The van der Waals surface area contributed by atoms with Crippen LogP contribution >= 0.6 is 0 Å². The summed E-state index contributed by atoms with van der Waals surface area (Å²) in [5.41, 5.74) is 1.33. The van der Waals surface area contributed by atoms with Gasteiger partial charge in [0, 0.05) is 0 Å². The van der Waals surface area contributed by atoms with E-state index in [0.29, 0.717) is 5.92 Å². The quantitative estimate of drug-likeness (QED) is 0.323. The maximum atomic E-state index is 12.5. The van der Waals surface area contributed by atoms with E-state index in [1.54, 1.807) is 0 Å². The van der Waals surface area contributed by atoms with Crippen LogP contribution in [0.5, 0.6) is 11.5 Å². The second-order valence-corrected chi connectivity index (χ2v) is 9.32. The topological polar surface area (TPSA) is 44.8 Å². The van der Waals surface area contributed by atoms with E-state index < -0.39 is 0 Å². The Labute approximate surface area is 192 Å². The molecule has 0 bridgehead atoms. The molecule has 2 aliphatic rings. The highest BCUT2D eigenvalue weighted by Gasteiger charge is 2.29. The molecule has 2 fully saturated rings. The molecule has 4 rings (SSSR count). The van der Waals surface area contributed by atoms with E-state index in [-0.39, 0.29) is 24.8 Å². The van der Waals surface area contributed by atoms with Crippen LogP contribution in [-0.4, -0.2) is 18.9 Å². The van der Waals surface area contributed by atoms with E-state index in [2.05, 4.69) is 12.1 Å². The van der Waals surface area contributed by atoms with Gasteiger partial charge in [-0.2, -0.15) is 0 Å². The van der Waals surface area contributed by atoms with Crippen molar-refractivity contribution >= 4 is 5.97 Å². The fourth-order valence-electron chi connectivity index (χ4n) is 4.94. The summed E-state index contributed by atoms with van der Waals surface area (Å²) in [5.74, 6) is 2.54. The summed E-state index contributed by atoms with van der Waals surface area (Å²) in [6.45, 7) is 0.204. The summed E-state index contributed by atoms with van der Waals surface area (Å²) in [6, 6.07) is 18.0. The minimum absolute atomic E-state index is 0.0715. The predicted molar refractivity (Wildman–Crippen MR) is 126 cm³/mol. The highest BCUT2D eigenvalue weighted by Crippen LogP contribution is 2.33. The summed E-state index contributed by atoms with van der Waals surface area (Å²) >= 11 is 0. The van der Waals surface area contributed by atoms with Crippen LogP contribution in [0.25, 0.3) is 0 Å². The molecule has 4 heteroatoms. The van der Waals surface area contributed by atoms with Crippen molar-refractivity contribution in [2.24, 2.45) is 11.8 Å². The molecule has 0 atom stereocenters. The van der Waals surface area contributed by atoms with Crippen molar-refractivity contribution < 1.29 is 19.0 Å². The highest BCUT2D eigenvalue weighted by molar-refractivity contribution is 5.72. The molecule has 32 heavy (non-hydrogen) atoms. The van der Waals surface area contributed by atoms with Gasteiger partial charge in [0.1, 0.15) is 17.6 Å². The van der Waals surface area contributed by atoms with Crippen LogP contribution in [-0.2, 0) is 16.0 Å². The zero-order valence-electron chi connectivity index (χ0n) is 19.0. The molecule has 0 N–H and O–H groups in total. The third kappa shape index (κ3) is 7.01. The molecule has 0 radical (unpaired) electrons. The Balaban J connectivity index is 1.12. The molecule has 2 aromatic carbocycles. The van der Waals surface area contributed by atoms with Crippen LogP contribution in [0.4, 0.5) is 0 Å². The fraction of sp³-hybridized carbons (Fsp3) is 0.536. The van der Waals surface area contributed by atoms with Gasteiger partial charge in [-0.3, -0.25) is 4.79 Å². The Kier molecular flexibility index (Phi) is 8.47. The van der Waals surface area contributed by atoms with Gasteiger partial charge in [0.15, 0.2) is 0 Å². The molecular formula is C28H36O4. The van der Waals surface area contributed by atoms with Crippen LogP contribution in [0.15, 0.2) is 54.6 Å². The Morgan fingerprint density at radius 3 is 2.09 bits per heavy atom. The second kappa shape index (κ2) is 11.9. The number of para-hydroxylation sites is 1. The maximum absolute atomic E-state index is 12.5. The van der Waals surface area contributed by atoms with Crippen molar-refractivity contribution in [2.45, 2.75) is 76.7 Å². The molecule has 2 aliphatic carbocycles. The van der Waals surface area contributed by atoms with E-state index in [1.807, 2.05) is 42.5 Å². The molecule has 0 spiro atoms. The van der Waals surface area contributed by atoms with Crippen LogP contribution in [0.1, 0.15) is 69.8 Å². The summed E-state index contributed by atoms with van der Waals surface area (Å²) in [4.78, 5) is 12.5. The lowest BCUT2D eigenvalue weighted by Crippen LogP contribution is -2.28. The predicted octanol–water partition coefficient (Wildman–Crippen LogP) is 6.72. The van der Waals surface area contributed by atoms with Crippen molar-refractivity contribution in [1.29, 1.82) is 0 Å². The van der Waals surface area contributed by atoms with Crippen LogP contribution < -0.4 is 9.47 Å². The number of hydrogen-bond donors (Lipinski definition) is 0. The largest absolute Gasteiger partial charge is 0.462 e. The van der Waals surface area contributed by atoms with Gasteiger partial charge in [-0.15, -0.1) is 0 Å². The van der Waals surface area contributed by atoms with Crippen molar-refractivity contribution in [2.75, 3.05) is 6.79 Å². The van der Waals surface area contributed by atoms with Crippen LogP contribution in [0, 0.1) is 11.8 Å². The van der Waals surface area contributed by atoms with E-state index in [9.17, 15) is 4.79 Å². The summed E-state index contributed by atoms with van der Waals surface area (Å²) in [5, 5.41) is 0. The van der Waals surface area contributed by atoms with Crippen LogP contribution in [0.2, 0.25) is 0 Å². The number of aryl methyl sites for hydroxylation is 1. The number of esters is 1. The van der Waals surface area contributed by atoms with Crippen molar-refractivity contribution in [3.05, 3.63) is 60.2 Å². The molecule has 2 saturated carbocycles. The molecule has 4 nitrogen and oxygen atoms in total. The molecule has 2 aromatic rings. The van der Waals surface area contributed by atoms with Gasteiger partial charge in [0.2, 0.25) is 6.79 Å². The molecule has 0 aliphatic heterocycles. The normalized spacial score (nSPS) is 21.6. The van der Waals surface area contributed by atoms with E-state index in [4.69, 9.17) is 14.2 Å². The highest BCUT2D eigenvalue weighted by atomic mass is 16.7. The molecule has 0 heterocycles. The molecule has 0 aromatic heterocycles. The van der Waals surface area contributed by atoms with E-state index in [1.165, 1.54) is 31.2 Å². The molecule has 0 saturated heterocycles. The van der Waals surface area contributed by atoms with Gasteiger partial charge in [-0.1, -0.05) is 36.8 Å². The molecule has 172 valence electrons. The third-order valence-electron chi connectivity index (χ3n) is 6.97. The number of ether oxygens (including phenoxy) is 3. The lowest BCUT2D eigenvalue weighted by molar-refractivity contribution is -0.157. The number of hydrogen-bond acceptors (Lipinski definition) is 4. The first-order valence-corrected chi connectivity index (χ1v) is 12.4. The average Bonchev–Trinajstić information content (AvgIpc) is 2.85. The molecule has 0 unspecified atom stereocenters. The first-order chi connectivity index (χ1) is 15.8. The van der Waals surface area contributed by atoms with Gasteiger partial charge >= 0.3 is 5.97 Å². The maximum Gasteiger partial charge on any atom is 0.309 e. The lowest BCUT2D eigenvalue weighted by atomic mass is 9.79. The van der Waals surface area contributed by atoms with Gasteiger partial charge in [-0.05, 0) is 100.0 Å². The Morgan fingerprint density at radius 1 is 0.750 bits per heavy atom. The summed E-state index contributed by atoms with van der Waals surface area (Å²) in [7, 11) is 0. The van der Waals surface area contributed by atoms with E-state index in [0.717, 1.165) is 56.4 Å². The second-order valence-electron chi connectivity index (χ2n) is 9.32. The zero-order valence-corrected chi connectivity index (χ0v) is 19.0. The smallest absolute Gasteiger partial charge is 0.309 e. The Hall–Kier alpha value is -2.49. The zero-order chi connectivity index (χ0) is 22.0. The monoisotopic (exact) mass is 436 g/mol. The van der Waals surface area contributed by atoms with E-state index >= 15 is 0 Å². The fourth-order valence-corrected chi connectivity index (χ4v) is 4.94. The van der Waals surface area contributed by atoms with Crippen molar-refractivity contribution in [1.82, 2.24) is 0 Å². The Morgan fingerprint density at radius 2 is 1.41 bits per heavy atom. The van der Waals surface area contributed by atoms with Gasteiger partial charge in [-0.25, -0.2) is 0 Å². The summed E-state index contributed by atoms with van der Waals surface area (Å²) < 4.78 is 17.1. The number of carbonyl (C=O) groups is 1. The van der Waals surface area contributed by atoms with Crippen LogP contribution in [0.3, 0.4) is 0 Å². The minimum Gasteiger partial charge on any atom is -0.462 e. The number of carbonyl (C=O) groups excluding carboxylic acids is 1. The molecular weight excluding hydrogens is 400 g/mol. The number of benzene rings is 2. The first-order valence-electron chi connectivity index (χ1n) is 12.4. The molecule has 0 amide bonds. The van der Waals surface area contributed by atoms with Crippen molar-refractivity contribution in [3.8, 4) is 11.5 Å². The summed E-state index contributed by atoms with van der Waals surface area (Å²) in [6.07, 6.45) is 12.5. The van der Waals surface area contributed by atoms with Gasteiger partial charge < -0.3 is 14.2 Å². The lowest BCUT2D eigenvalue weighted by Gasteiger charge is -2.29. The van der Waals surface area contributed by atoms with Gasteiger partial charge in [0.05, 0.1) is 5.92 Å². The van der Waals surface area contributed by atoms with Gasteiger partial charge in [0.25, 0.3) is 0 Å². The Bertz CT molecular complexity index is 803. The van der Waals surface area contributed by atoms with Crippen molar-refractivity contribution in [3.63, 3.8) is 0 Å². The first kappa shape index (κ1) is 22.7. The standard InChI is InChI=1S/C28H36O4/c29-28(32-27-9-5-2-6-10-27)24-17-13-22(14-18-24)11-12-23-15-19-26(20-16-23)31-21-30-25-7-3-1-4-8-25/h1,3-4,7-8,15-16,19-20,22,24,27H,2,5-6,9-14,17-18,21H2. The average molecular weight is 437 g/mol. The SMILES string of the molecule is O=C(OC1CCCCC1)C1CCC(CCc2ccc(OCOc3ccccc3)cc2)CC1. The minimum atomic E-state index is 0.0715. The third-order valence-corrected chi connectivity index (χ3v) is 6.97. The number of rotatable bonds is 9.